The number of carbonyl (C=O) groups is 1. The Morgan fingerprint density at radius 2 is 1.66 bits per heavy atom. The number of benzene rings is 2. The summed E-state index contributed by atoms with van der Waals surface area (Å²) < 4.78 is 28.6. The van der Waals surface area contributed by atoms with Gasteiger partial charge in [-0.2, -0.15) is 0 Å². The number of nitrogens with one attached hydrogen (secondary N) is 2. The summed E-state index contributed by atoms with van der Waals surface area (Å²) >= 11 is 0. The molecular formula is C20H22N4O4S. The highest BCUT2D eigenvalue weighted by atomic mass is 32.2. The van der Waals surface area contributed by atoms with Gasteiger partial charge in [-0.25, -0.2) is 13.1 Å². The van der Waals surface area contributed by atoms with E-state index in [9.17, 15) is 18.0 Å². The largest absolute Gasteiger partial charge is 0.316 e. The third-order valence-corrected chi connectivity index (χ3v) is 5.26. The van der Waals surface area contributed by atoms with E-state index in [1.54, 1.807) is 55.9 Å². The summed E-state index contributed by atoms with van der Waals surface area (Å²) in [6, 6.07) is 13.8. The highest BCUT2D eigenvalue weighted by Gasteiger charge is 2.20. The molecule has 29 heavy (non-hydrogen) atoms. The Balaban J connectivity index is 1.99. The lowest BCUT2D eigenvalue weighted by molar-refractivity contribution is 0.102. The number of aromatic nitrogens is 2. The molecule has 0 bridgehead atoms. The number of rotatable bonds is 5. The van der Waals surface area contributed by atoms with Crippen LogP contribution < -0.4 is 15.6 Å². The summed E-state index contributed by atoms with van der Waals surface area (Å²) in [4.78, 5) is 25.8. The second-order valence-electron chi connectivity index (χ2n) is 6.74. The molecule has 9 heteroatoms. The number of sulfonamides is 1. The van der Waals surface area contributed by atoms with Crippen LogP contribution in [0.3, 0.4) is 0 Å². The van der Waals surface area contributed by atoms with Crippen LogP contribution in [0.25, 0.3) is 5.69 Å². The van der Waals surface area contributed by atoms with Gasteiger partial charge in [-0.3, -0.25) is 19.0 Å². The van der Waals surface area contributed by atoms with Crippen molar-refractivity contribution in [2.24, 2.45) is 7.05 Å². The molecule has 8 nitrogen and oxygen atoms in total. The molecule has 0 aliphatic rings. The number of anilines is 2. The second kappa shape index (κ2) is 7.59. The lowest BCUT2D eigenvalue weighted by atomic mass is 10.1. The molecule has 1 amide bonds. The number of hydrogen-bond donors (Lipinski definition) is 2. The number of hydrogen-bond acceptors (Lipinski definition) is 4. The first kappa shape index (κ1) is 20.4. The fourth-order valence-corrected chi connectivity index (χ4v) is 3.71. The average Bonchev–Trinajstić information content (AvgIpc) is 2.86. The van der Waals surface area contributed by atoms with Gasteiger partial charge in [0.25, 0.3) is 11.5 Å². The summed E-state index contributed by atoms with van der Waals surface area (Å²) in [5.41, 5.74) is 2.14. The van der Waals surface area contributed by atoms with E-state index in [0.29, 0.717) is 22.6 Å². The summed E-state index contributed by atoms with van der Waals surface area (Å²) in [7, 11) is -1.75. The van der Waals surface area contributed by atoms with E-state index in [4.69, 9.17) is 0 Å². The van der Waals surface area contributed by atoms with Crippen molar-refractivity contribution in [2.75, 3.05) is 16.3 Å². The normalized spacial score (nSPS) is 11.3. The van der Waals surface area contributed by atoms with Gasteiger partial charge in [0.2, 0.25) is 10.0 Å². The van der Waals surface area contributed by atoms with Crippen molar-refractivity contribution in [3.8, 4) is 5.69 Å². The first-order valence-electron chi connectivity index (χ1n) is 8.83. The van der Waals surface area contributed by atoms with Gasteiger partial charge in [-0.05, 0) is 43.7 Å². The lowest BCUT2D eigenvalue weighted by Gasteiger charge is -2.12. The molecule has 0 radical (unpaired) electrons. The second-order valence-corrected chi connectivity index (χ2v) is 8.49. The third-order valence-electron chi connectivity index (χ3n) is 4.67. The molecule has 0 aliphatic carbocycles. The molecule has 3 rings (SSSR count). The number of nitrogens with zero attached hydrogens (tertiary/aromatic N) is 2. The smallest absolute Gasteiger partial charge is 0.295 e. The first-order chi connectivity index (χ1) is 13.6. The fraction of sp³-hybridized carbons (Fsp3) is 0.200. The highest BCUT2D eigenvalue weighted by molar-refractivity contribution is 7.92. The Bertz CT molecular complexity index is 1240. The minimum absolute atomic E-state index is 0.169. The zero-order chi connectivity index (χ0) is 21.3. The van der Waals surface area contributed by atoms with Gasteiger partial charge < -0.3 is 5.32 Å². The zero-order valence-electron chi connectivity index (χ0n) is 16.6. The van der Waals surface area contributed by atoms with Gasteiger partial charge in [0.05, 0.1) is 23.3 Å². The summed E-state index contributed by atoms with van der Waals surface area (Å²) in [5.74, 6) is -0.495. The van der Waals surface area contributed by atoms with Crippen molar-refractivity contribution in [1.82, 2.24) is 9.36 Å². The topological polar surface area (TPSA) is 102 Å². The monoisotopic (exact) mass is 414 g/mol. The summed E-state index contributed by atoms with van der Waals surface area (Å²) in [6.07, 6.45) is 1.04. The SMILES string of the molecule is Cc1c(NS(C)(=O)=O)cccc1C(=O)Nc1c(C)n(C)n(-c2ccccc2)c1=O. The van der Waals surface area contributed by atoms with E-state index < -0.39 is 15.9 Å². The van der Waals surface area contributed by atoms with Gasteiger partial charge >= 0.3 is 0 Å². The minimum atomic E-state index is -3.49. The van der Waals surface area contributed by atoms with Crippen LogP contribution >= 0.6 is 0 Å². The van der Waals surface area contributed by atoms with E-state index >= 15 is 0 Å². The van der Waals surface area contributed by atoms with E-state index in [2.05, 4.69) is 10.0 Å². The van der Waals surface area contributed by atoms with Crippen LogP contribution in [0.4, 0.5) is 11.4 Å². The maximum Gasteiger partial charge on any atom is 0.295 e. The Kier molecular flexibility index (Phi) is 5.34. The molecule has 0 saturated carbocycles. The molecule has 3 aromatic rings. The average molecular weight is 414 g/mol. The van der Waals surface area contributed by atoms with Crippen LogP contribution in [-0.4, -0.2) is 29.9 Å². The number of amides is 1. The molecule has 0 unspecified atom stereocenters. The molecule has 2 N–H and O–H groups in total. The van der Waals surface area contributed by atoms with Crippen molar-refractivity contribution >= 4 is 27.3 Å². The molecule has 0 aliphatic heterocycles. The van der Waals surface area contributed by atoms with Crippen molar-refractivity contribution in [1.29, 1.82) is 0 Å². The third kappa shape index (κ3) is 4.09. The van der Waals surface area contributed by atoms with E-state index in [0.717, 1.165) is 6.26 Å². The molecule has 0 atom stereocenters. The number of carbonyl (C=O) groups excluding carboxylic acids is 1. The van der Waals surface area contributed by atoms with Crippen molar-refractivity contribution in [3.05, 3.63) is 75.7 Å². The maximum absolute atomic E-state index is 13.0. The fourth-order valence-electron chi connectivity index (χ4n) is 3.09. The Morgan fingerprint density at radius 3 is 2.28 bits per heavy atom. The number of para-hydroxylation sites is 1. The van der Waals surface area contributed by atoms with Gasteiger partial charge in [0.1, 0.15) is 5.69 Å². The molecular weight excluding hydrogens is 392 g/mol. The first-order valence-corrected chi connectivity index (χ1v) is 10.7. The Morgan fingerprint density at radius 1 is 1.00 bits per heavy atom. The van der Waals surface area contributed by atoms with Crippen LogP contribution in [0.15, 0.2) is 53.3 Å². The molecule has 1 heterocycles. The van der Waals surface area contributed by atoms with Crippen molar-refractivity contribution < 1.29 is 13.2 Å². The lowest BCUT2D eigenvalue weighted by Crippen LogP contribution is -2.23. The molecule has 1 aromatic heterocycles. The standard InChI is InChI=1S/C20H22N4O4S/c1-13-16(11-8-12-17(13)22-29(4,27)28)19(25)21-18-14(2)23(3)24(20(18)26)15-9-6-5-7-10-15/h5-12,22H,1-4H3,(H,21,25). The molecule has 152 valence electrons. The summed E-state index contributed by atoms with van der Waals surface area (Å²) in [5, 5.41) is 2.69. The predicted octanol–water partition coefficient (Wildman–Crippen LogP) is 2.42. The molecule has 0 spiro atoms. The van der Waals surface area contributed by atoms with Gasteiger partial charge in [0, 0.05) is 12.6 Å². The Hall–Kier alpha value is -3.33. The predicted molar refractivity (Wildman–Crippen MR) is 113 cm³/mol. The van der Waals surface area contributed by atoms with Crippen LogP contribution in [0.5, 0.6) is 0 Å². The van der Waals surface area contributed by atoms with E-state index in [1.165, 1.54) is 4.68 Å². The van der Waals surface area contributed by atoms with Crippen LogP contribution in [0, 0.1) is 13.8 Å². The minimum Gasteiger partial charge on any atom is -0.316 e. The van der Waals surface area contributed by atoms with Crippen LogP contribution in [0.2, 0.25) is 0 Å². The van der Waals surface area contributed by atoms with Crippen LogP contribution in [-0.2, 0) is 17.1 Å². The summed E-state index contributed by atoms with van der Waals surface area (Å²) in [6.45, 7) is 3.38. The van der Waals surface area contributed by atoms with Crippen LogP contribution in [0.1, 0.15) is 21.6 Å². The van der Waals surface area contributed by atoms with Gasteiger partial charge in [0.15, 0.2) is 0 Å². The molecule has 2 aromatic carbocycles. The van der Waals surface area contributed by atoms with E-state index in [-0.39, 0.29) is 16.8 Å². The van der Waals surface area contributed by atoms with Crippen molar-refractivity contribution in [3.63, 3.8) is 0 Å². The van der Waals surface area contributed by atoms with Gasteiger partial charge in [-0.15, -0.1) is 0 Å². The van der Waals surface area contributed by atoms with E-state index in [1.807, 2.05) is 18.2 Å². The van der Waals surface area contributed by atoms with Crippen molar-refractivity contribution in [2.45, 2.75) is 13.8 Å². The van der Waals surface area contributed by atoms with Gasteiger partial charge in [-0.1, -0.05) is 24.3 Å². The maximum atomic E-state index is 13.0. The molecule has 0 fully saturated rings. The quantitative estimate of drug-likeness (QED) is 0.669. The zero-order valence-corrected chi connectivity index (χ0v) is 17.4. The Labute approximate surface area is 168 Å². The highest BCUT2D eigenvalue weighted by Crippen LogP contribution is 2.22. The molecule has 0 saturated heterocycles.